The van der Waals surface area contributed by atoms with E-state index < -0.39 is 22.8 Å². The summed E-state index contributed by atoms with van der Waals surface area (Å²) in [6.07, 6.45) is 6.28. The number of esters is 1. The van der Waals surface area contributed by atoms with Crippen molar-refractivity contribution in [2.45, 2.75) is 83.5 Å². The summed E-state index contributed by atoms with van der Waals surface area (Å²) < 4.78 is 11.5. The number of ether oxygens (including phenoxy) is 2. The van der Waals surface area contributed by atoms with E-state index in [9.17, 15) is 19.5 Å². The summed E-state index contributed by atoms with van der Waals surface area (Å²) in [5.41, 5.74) is -1.28. The molecule has 0 aromatic carbocycles. The number of rotatable bonds is 3. The maximum absolute atomic E-state index is 13.0. The van der Waals surface area contributed by atoms with Crippen LogP contribution in [0.1, 0.15) is 66.2 Å². The van der Waals surface area contributed by atoms with Gasteiger partial charge in [0.1, 0.15) is 11.2 Å². The fraction of sp³-hybridized carbons (Fsp3) is 0.792. The average molecular weight is 417 g/mol. The molecule has 1 N–H and O–H groups in total. The quantitative estimate of drug-likeness (QED) is 0.562. The Balaban J connectivity index is 1.49. The largest absolute Gasteiger partial charge is 0.458 e. The van der Waals surface area contributed by atoms with Crippen LogP contribution in [0.4, 0.5) is 0 Å². The molecule has 0 aromatic rings. The first kappa shape index (κ1) is 20.4. The predicted octanol–water partition coefficient (Wildman–Crippen LogP) is 2.76. The first-order chi connectivity index (χ1) is 14.0. The summed E-state index contributed by atoms with van der Waals surface area (Å²) in [5, 5.41) is 11.6. The zero-order chi connectivity index (χ0) is 21.7. The Kier molecular flexibility index (Phi) is 4.10. The van der Waals surface area contributed by atoms with Crippen molar-refractivity contribution in [1.82, 2.24) is 0 Å². The number of epoxide rings is 1. The molecule has 0 amide bonds. The van der Waals surface area contributed by atoms with Crippen LogP contribution in [-0.4, -0.2) is 46.6 Å². The third-order valence-electron chi connectivity index (χ3n) is 9.66. The Morgan fingerprint density at radius 1 is 1.23 bits per heavy atom. The molecule has 164 valence electrons. The van der Waals surface area contributed by atoms with Crippen LogP contribution in [0.3, 0.4) is 0 Å². The van der Waals surface area contributed by atoms with E-state index in [-0.39, 0.29) is 47.3 Å². The summed E-state index contributed by atoms with van der Waals surface area (Å²) in [5.74, 6) is -0.249. The first-order valence-electron chi connectivity index (χ1n) is 11.3. The highest BCUT2D eigenvalue weighted by atomic mass is 16.6. The molecule has 5 aliphatic rings. The normalized spacial score (nSPS) is 51.1. The van der Waals surface area contributed by atoms with Crippen LogP contribution in [0.15, 0.2) is 11.6 Å². The lowest BCUT2D eigenvalue weighted by molar-refractivity contribution is -0.166. The number of Topliss-reactive ketones (excluding diaryl/α,β-unsaturated/α-hetero) is 1. The lowest BCUT2D eigenvalue weighted by Crippen LogP contribution is -2.62. The summed E-state index contributed by atoms with van der Waals surface area (Å²) in [4.78, 5) is 36.5. The fourth-order valence-electron chi connectivity index (χ4n) is 8.09. The van der Waals surface area contributed by atoms with E-state index in [1.165, 1.54) is 12.5 Å². The molecule has 1 spiro atoms. The smallest absolute Gasteiger partial charge is 0.303 e. The molecule has 5 rings (SSSR count). The van der Waals surface area contributed by atoms with Crippen molar-refractivity contribution in [2.75, 3.05) is 6.61 Å². The Bertz CT molecular complexity index is 877. The third-order valence-corrected chi connectivity index (χ3v) is 9.66. The number of aliphatic hydroxyl groups is 1. The molecule has 3 saturated carbocycles. The Morgan fingerprint density at radius 2 is 1.97 bits per heavy atom. The topological polar surface area (TPSA) is 93.2 Å². The molecule has 0 radical (unpaired) electrons. The van der Waals surface area contributed by atoms with E-state index >= 15 is 0 Å². The van der Waals surface area contributed by atoms with Crippen molar-refractivity contribution in [3.8, 4) is 0 Å². The third kappa shape index (κ3) is 2.24. The number of ketones is 2. The molecule has 0 aromatic heterocycles. The van der Waals surface area contributed by atoms with Gasteiger partial charge in [-0.25, -0.2) is 0 Å². The van der Waals surface area contributed by atoms with Gasteiger partial charge in [0, 0.05) is 23.7 Å². The zero-order valence-electron chi connectivity index (χ0n) is 18.3. The second-order valence-corrected chi connectivity index (χ2v) is 10.9. The molecule has 8 atom stereocenters. The Morgan fingerprint density at radius 3 is 2.67 bits per heavy atom. The van der Waals surface area contributed by atoms with Gasteiger partial charge >= 0.3 is 5.97 Å². The molecule has 30 heavy (non-hydrogen) atoms. The monoisotopic (exact) mass is 416 g/mol. The van der Waals surface area contributed by atoms with E-state index in [2.05, 4.69) is 6.92 Å². The maximum Gasteiger partial charge on any atom is 0.303 e. The van der Waals surface area contributed by atoms with Crippen LogP contribution >= 0.6 is 0 Å². The number of fused-ring (bicyclic) bond motifs is 3. The predicted molar refractivity (Wildman–Crippen MR) is 107 cm³/mol. The van der Waals surface area contributed by atoms with Crippen LogP contribution in [0, 0.1) is 28.6 Å². The van der Waals surface area contributed by atoms with Crippen LogP contribution in [-0.2, 0) is 23.9 Å². The van der Waals surface area contributed by atoms with Gasteiger partial charge in [0.15, 0.2) is 12.4 Å². The summed E-state index contributed by atoms with van der Waals surface area (Å²) in [6, 6.07) is 0. The van der Waals surface area contributed by atoms with E-state index in [1.54, 1.807) is 0 Å². The van der Waals surface area contributed by atoms with Gasteiger partial charge in [-0.15, -0.1) is 0 Å². The van der Waals surface area contributed by atoms with Gasteiger partial charge < -0.3 is 14.6 Å². The second kappa shape index (κ2) is 6.04. The maximum atomic E-state index is 13.0. The standard InChI is InChI=1S/C24H32O6/c1-13-10-21(3)15(9-18(13)26)5-6-17-16-7-8-23(28,19(27)12-29-14(2)25)22(16,4)11-20-24(17,21)30-20/h9,13,16-17,20,28H,5-8,10-12H2,1-4H3/t13-,16-,17+,20-,21+,22-,23+,24+/m1/s1. The van der Waals surface area contributed by atoms with Crippen molar-refractivity contribution >= 4 is 17.5 Å². The van der Waals surface area contributed by atoms with Crippen LogP contribution < -0.4 is 0 Å². The lowest BCUT2D eigenvalue weighted by atomic mass is 9.45. The summed E-state index contributed by atoms with van der Waals surface area (Å²) in [7, 11) is 0. The fourth-order valence-corrected chi connectivity index (χ4v) is 8.09. The molecular weight excluding hydrogens is 384 g/mol. The minimum Gasteiger partial charge on any atom is -0.458 e. The molecule has 0 bridgehead atoms. The van der Waals surface area contributed by atoms with Crippen LogP contribution in [0.5, 0.6) is 0 Å². The number of carbonyl (C=O) groups is 3. The molecular formula is C24H32O6. The van der Waals surface area contributed by atoms with E-state index in [0.29, 0.717) is 12.8 Å². The van der Waals surface area contributed by atoms with Crippen LogP contribution in [0.2, 0.25) is 0 Å². The summed E-state index contributed by atoms with van der Waals surface area (Å²) in [6.45, 7) is 7.20. The molecule has 1 saturated heterocycles. The number of hydrogen-bond acceptors (Lipinski definition) is 6. The Hall–Kier alpha value is -1.53. The first-order valence-corrected chi connectivity index (χ1v) is 11.3. The highest BCUT2D eigenvalue weighted by molar-refractivity contribution is 5.94. The van der Waals surface area contributed by atoms with Gasteiger partial charge in [-0.3, -0.25) is 14.4 Å². The lowest BCUT2D eigenvalue weighted by Gasteiger charge is -2.57. The van der Waals surface area contributed by atoms with Gasteiger partial charge in [-0.2, -0.15) is 0 Å². The molecule has 1 aliphatic heterocycles. The highest BCUT2D eigenvalue weighted by Gasteiger charge is 2.81. The van der Waals surface area contributed by atoms with E-state index in [4.69, 9.17) is 9.47 Å². The van der Waals surface area contributed by atoms with Gasteiger partial charge in [0.25, 0.3) is 0 Å². The molecule has 4 fully saturated rings. The molecule has 6 heteroatoms. The van der Waals surface area contributed by atoms with E-state index in [1.807, 2.05) is 19.9 Å². The van der Waals surface area contributed by atoms with Gasteiger partial charge in [-0.05, 0) is 56.4 Å². The minimum atomic E-state index is -1.49. The second-order valence-electron chi connectivity index (χ2n) is 10.9. The summed E-state index contributed by atoms with van der Waals surface area (Å²) >= 11 is 0. The van der Waals surface area contributed by atoms with Gasteiger partial charge in [0.2, 0.25) is 5.78 Å². The highest BCUT2D eigenvalue weighted by Crippen LogP contribution is 2.76. The van der Waals surface area contributed by atoms with Crippen LogP contribution in [0.25, 0.3) is 0 Å². The van der Waals surface area contributed by atoms with Crippen molar-refractivity contribution in [1.29, 1.82) is 0 Å². The zero-order valence-corrected chi connectivity index (χ0v) is 18.3. The molecule has 4 aliphatic carbocycles. The Labute approximate surface area is 177 Å². The van der Waals surface area contributed by atoms with Crippen molar-refractivity contribution in [2.24, 2.45) is 28.6 Å². The molecule has 0 unspecified atom stereocenters. The van der Waals surface area contributed by atoms with E-state index in [0.717, 1.165) is 25.7 Å². The van der Waals surface area contributed by atoms with Crippen molar-refractivity contribution in [3.63, 3.8) is 0 Å². The molecule has 1 heterocycles. The number of hydrogen-bond donors (Lipinski definition) is 1. The number of carbonyl (C=O) groups excluding carboxylic acids is 3. The van der Waals surface area contributed by atoms with Crippen molar-refractivity contribution < 1.29 is 29.0 Å². The van der Waals surface area contributed by atoms with Gasteiger partial charge in [0.05, 0.1) is 6.10 Å². The average Bonchev–Trinajstić information content (AvgIpc) is 3.33. The SMILES string of the molecule is CC(=O)OCC(=O)[C@@]1(O)CC[C@@H]2[C@@H]3CCC4=CC(=O)[C@H](C)C[C@]4(C)[C@]34O[C@@H]4C[C@]21C. The minimum absolute atomic E-state index is 0.00384. The molecule has 6 nitrogen and oxygen atoms in total. The van der Waals surface area contributed by atoms with Gasteiger partial charge in [-0.1, -0.05) is 26.3 Å². The van der Waals surface area contributed by atoms with Crippen molar-refractivity contribution in [3.05, 3.63) is 11.6 Å².